The van der Waals surface area contributed by atoms with Crippen LogP contribution in [0.5, 0.6) is 5.75 Å². The van der Waals surface area contributed by atoms with Crippen LogP contribution in [0.2, 0.25) is 5.02 Å². The van der Waals surface area contributed by atoms with Crippen molar-refractivity contribution in [3.05, 3.63) is 53.1 Å². The predicted molar refractivity (Wildman–Crippen MR) is 87.5 cm³/mol. The van der Waals surface area contributed by atoms with Crippen LogP contribution < -0.4 is 15.4 Å². The number of hydrogen-bond donors (Lipinski definition) is 3. The van der Waals surface area contributed by atoms with Gasteiger partial charge < -0.3 is 20.5 Å². The molecule has 2 rings (SSSR count). The van der Waals surface area contributed by atoms with Crippen LogP contribution in [0.4, 0.5) is 20.2 Å². The molecule has 0 saturated heterocycles. The number of carbonyl (C=O) groups is 1. The van der Waals surface area contributed by atoms with Crippen molar-refractivity contribution in [1.29, 1.82) is 0 Å². The molecule has 0 radical (unpaired) electrons. The number of ether oxygens (including phenoxy) is 1. The number of anilines is 2. The number of halogens is 3. The number of hydrogen-bond acceptors (Lipinski definition) is 4. The van der Waals surface area contributed by atoms with E-state index in [4.69, 9.17) is 21.4 Å². The van der Waals surface area contributed by atoms with Gasteiger partial charge in [-0.05, 0) is 30.3 Å². The fourth-order valence-electron chi connectivity index (χ4n) is 1.88. The molecule has 0 aliphatic rings. The Labute approximate surface area is 142 Å². The third kappa shape index (κ3) is 5.07. The summed E-state index contributed by atoms with van der Waals surface area (Å²) in [7, 11) is 0. The van der Waals surface area contributed by atoms with E-state index in [2.05, 4.69) is 10.6 Å². The van der Waals surface area contributed by atoms with Crippen molar-refractivity contribution in [3.8, 4) is 5.75 Å². The van der Waals surface area contributed by atoms with Gasteiger partial charge in [0.1, 0.15) is 24.0 Å². The second-order valence-electron chi connectivity index (χ2n) is 4.74. The highest BCUT2D eigenvalue weighted by Gasteiger charge is 2.10. The minimum absolute atomic E-state index is 0.0158. The summed E-state index contributed by atoms with van der Waals surface area (Å²) in [6.45, 7) is -0.449. The molecule has 24 heavy (non-hydrogen) atoms. The van der Waals surface area contributed by atoms with Crippen molar-refractivity contribution in [3.63, 3.8) is 0 Å². The number of aliphatic hydroxyl groups is 1. The standard InChI is InChI=1S/C16H15ClF2N2O3/c17-10-1-3-12(19)14(7-10)21-16(23)9-20-13-4-2-11(18)8-15(13)24-6-5-22/h1-4,7-8,20,22H,5-6,9H2,(H,21,23). The molecular weight excluding hydrogens is 342 g/mol. The van der Waals surface area contributed by atoms with Crippen molar-refractivity contribution in [2.45, 2.75) is 0 Å². The first-order valence-electron chi connectivity index (χ1n) is 7.01. The Hall–Kier alpha value is -2.38. The summed E-state index contributed by atoms with van der Waals surface area (Å²) in [5.74, 6) is -1.49. The van der Waals surface area contributed by atoms with Crippen LogP contribution in [-0.4, -0.2) is 30.8 Å². The molecule has 0 atom stereocenters. The Morgan fingerprint density at radius 1 is 1.17 bits per heavy atom. The predicted octanol–water partition coefficient (Wildman–Crippen LogP) is 3.04. The molecular formula is C16H15ClF2N2O3. The Morgan fingerprint density at radius 2 is 1.96 bits per heavy atom. The summed E-state index contributed by atoms with van der Waals surface area (Å²) in [5.41, 5.74) is 0.330. The third-order valence-electron chi connectivity index (χ3n) is 2.93. The number of benzene rings is 2. The van der Waals surface area contributed by atoms with Crippen LogP contribution in [-0.2, 0) is 4.79 Å². The van der Waals surface area contributed by atoms with Crippen molar-refractivity contribution in [2.75, 3.05) is 30.4 Å². The van der Waals surface area contributed by atoms with E-state index in [1.165, 1.54) is 24.3 Å². The molecule has 128 valence electrons. The van der Waals surface area contributed by atoms with E-state index >= 15 is 0 Å². The summed E-state index contributed by atoms with van der Waals surface area (Å²) in [5, 5.41) is 14.2. The maximum absolute atomic E-state index is 13.6. The van der Waals surface area contributed by atoms with Crippen molar-refractivity contribution < 1.29 is 23.4 Å². The van der Waals surface area contributed by atoms with Crippen LogP contribution >= 0.6 is 11.6 Å². The Balaban J connectivity index is 2.00. The van der Waals surface area contributed by atoms with E-state index in [0.29, 0.717) is 5.69 Å². The number of aliphatic hydroxyl groups excluding tert-OH is 1. The first-order valence-corrected chi connectivity index (χ1v) is 7.39. The van der Waals surface area contributed by atoms with Gasteiger partial charge in [-0.3, -0.25) is 4.79 Å². The summed E-state index contributed by atoms with van der Waals surface area (Å²) in [6.07, 6.45) is 0. The van der Waals surface area contributed by atoms with Gasteiger partial charge in [0.05, 0.1) is 24.5 Å². The average molecular weight is 357 g/mol. The van der Waals surface area contributed by atoms with Crippen LogP contribution in [0.15, 0.2) is 36.4 Å². The molecule has 0 spiro atoms. The van der Waals surface area contributed by atoms with E-state index in [1.54, 1.807) is 0 Å². The van der Waals surface area contributed by atoms with E-state index < -0.39 is 17.5 Å². The summed E-state index contributed by atoms with van der Waals surface area (Å²) in [4.78, 5) is 11.9. The monoisotopic (exact) mass is 356 g/mol. The van der Waals surface area contributed by atoms with Gasteiger partial charge in [-0.2, -0.15) is 0 Å². The van der Waals surface area contributed by atoms with E-state index in [1.807, 2.05) is 0 Å². The Bertz CT molecular complexity index is 728. The van der Waals surface area contributed by atoms with E-state index in [-0.39, 0.29) is 36.2 Å². The lowest BCUT2D eigenvalue weighted by Crippen LogP contribution is -2.22. The largest absolute Gasteiger partial charge is 0.489 e. The molecule has 3 N–H and O–H groups in total. The van der Waals surface area contributed by atoms with Crippen molar-refractivity contribution >= 4 is 28.9 Å². The second-order valence-corrected chi connectivity index (χ2v) is 5.17. The highest BCUT2D eigenvalue weighted by Crippen LogP contribution is 2.25. The van der Waals surface area contributed by atoms with Gasteiger partial charge in [0.15, 0.2) is 0 Å². The fraction of sp³-hybridized carbons (Fsp3) is 0.188. The minimum atomic E-state index is -0.610. The van der Waals surface area contributed by atoms with Gasteiger partial charge in [-0.25, -0.2) is 8.78 Å². The highest BCUT2D eigenvalue weighted by atomic mass is 35.5. The van der Waals surface area contributed by atoms with Gasteiger partial charge in [0.2, 0.25) is 5.91 Å². The Kier molecular flexibility index (Phi) is 6.34. The normalized spacial score (nSPS) is 10.3. The molecule has 0 aliphatic carbocycles. The molecule has 0 bridgehead atoms. The zero-order chi connectivity index (χ0) is 17.5. The number of carbonyl (C=O) groups excluding carboxylic acids is 1. The lowest BCUT2D eigenvalue weighted by molar-refractivity contribution is -0.114. The zero-order valence-corrected chi connectivity index (χ0v) is 13.2. The smallest absolute Gasteiger partial charge is 0.243 e. The average Bonchev–Trinajstić information content (AvgIpc) is 2.55. The zero-order valence-electron chi connectivity index (χ0n) is 12.5. The van der Waals surface area contributed by atoms with Crippen molar-refractivity contribution in [1.82, 2.24) is 0 Å². The maximum atomic E-state index is 13.6. The molecule has 0 aromatic heterocycles. The first kappa shape index (κ1) is 18.0. The summed E-state index contributed by atoms with van der Waals surface area (Å²) >= 11 is 5.75. The van der Waals surface area contributed by atoms with Crippen LogP contribution in [0.3, 0.4) is 0 Å². The van der Waals surface area contributed by atoms with Gasteiger partial charge in [0.25, 0.3) is 0 Å². The summed E-state index contributed by atoms with van der Waals surface area (Å²) in [6, 6.07) is 7.53. The molecule has 0 unspecified atom stereocenters. The highest BCUT2D eigenvalue weighted by molar-refractivity contribution is 6.30. The number of amides is 1. The molecule has 2 aromatic carbocycles. The fourth-order valence-corrected chi connectivity index (χ4v) is 2.05. The molecule has 5 nitrogen and oxygen atoms in total. The molecule has 1 amide bonds. The topological polar surface area (TPSA) is 70.6 Å². The van der Waals surface area contributed by atoms with Gasteiger partial charge in [-0.15, -0.1) is 0 Å². The van der Waals surface area contributed by atoms with Crippen LogP contribution in [0.1, 0.15) is 0 Å². The van der Waals surface area contributed by atoms with Crippen LogP contribution in [0, 0.1) is 11.6 Å². The number of rotatable bonds is 7. The van der Waals surface area contributed by atoms with E-state index in [0.717, 1.165) is 12.1 Å². The van der Waals surface area contributed by atoms with Crippen molar-refractivity contribution in [2.24, 2.45) is 0 Å². The van der Waals surface area contributed by atoms with Gasteiger partial charge in [-0.1, -0.05) is 11.6 Å². The lowest BCUT2D eigenvalue weighted by atomic mass is 10.2. The molecule has 8 heteroatoms. The van der Waals surface area contributed by atoms with E-state index in [9.17, 15) is 13.6 Å². The molecule has 0 aliphatic heterocycles. The molecule has 0 saturated carbocycles. The molecule has 0 fully saturated rings. The van der Waals surface area contributed by atoms with Crippen LogP contribution in [0.25, 0.3) is 0 Å². The van der Waals surface area contributed by atoms with Gasteiger partial charge in [0, 0.05) is 11.1 Å². The first-order chi connectivity index (χ1) is 11.5. The lowest BCUT2D eigenvalue weighted by Gasteiger charge is -2.13. The second kappa shape index (κ2) is 8.47. The minimum Gasteiger partial charge on any atom is -0.489 e. The quantitative estimate of drug-likeness (QED) is 0.713. The third-order valence-corrected chi connectivity index (χ3v) is 3.17. The number of nitrogens with one attached hydrogen (secondary N) is 2. The SMILES string of the molecule is O=C(CNc1ccc(F)cc1OCCO)Nc1cc(Cl)ccc1F. The summed E-state index contributed by atoms with van der Waals surface area (Å²) < 4.78 is 32.0. The Morgan fingerprint density at radius 3 is 2.71 bits per heavy atom. The van der Waals surface area contributed by atoms with Gasteiger partial charge >= 0.3 is 0 Å². The molecule has 0 heterocycles. The molecule has 2 aromatic rings. The maximum Gasteiger partial charge on any atom is 0.243 e.